The lowest BCUT2D eigenvalue weighted by molar-refractivity contribution is -0.384. The summed E-state index contributed by atoms with van der Waals surface area (Å²) in [5.74, 6) is -0.301. The van der Waals surface area contributed by atoms with Crippen molar-refractivity contribution in [3.63, 3.8) is 0 Å². The number of nitro benzene ring substituents is 1. The average molecular weight is 295 g/mol. The maximum atomic E-state index is 11.9. The van der Waals surface area contributed by atoms with E-state index in [0.29, 0.717) is 6.42 Å². The van der Waals surface area contributed by atoms with Crippen LogP contribution in [0.15, 0.2) is 18.2 Å². The highest BCUT2D eigenvalue weighted by Crippen LogP contribution is 2.29. The van der Waals surface area contributed by atoms with E-state index in [4.69, 9.17) is 0 Å². The molecule has 0 saturated heterocycles. The zero-order chi connectivity index (χ0) is 16.2. The van der Waals surface area contributed by atoms with E-state index in [1.165, 1.54) is 23.1 Å². The Balaban J connectivity index is 3.23. The predicted molar refractivity (Wildman–Crippen MR) is 80.5 cm³/mol. The van der Waals surface area contributed by atoms with E-state index in [0.717, 1.165) is 0 Å². The second kappa shape index (κ2) is 6.53. The minimum atomic E-state index is -0.655. The molecule has 0 heterocycles. The zero-order valence-electron chi connectivity index (χ0n) is 12.7. The molecule has 2 N–H and O–H groups in total. The molecule has 0 radical (unpaired) electrons. The lowest BCUT2D eigenvalue weighted by Crippen LogP contribution is -2.38. The van der Waals surface area contributed by atoms with Gasteiger partial charge in [-0.3, -0.25) is 14.9 Å². The van der Waals surface area contributed by atoms with E-state index in [1.54, 1.807) is 21.0 Å². The Morgan fingerprint density at radius 1 is 1.48 bits per heavy atom. The van der Waals surface area contributed by atoms with Crippen LogP contribution in [-0.2, 0) is 0 Å². The number of aliphatic hydroxyl groups excluding tert-OH is 1. The van der Waals surface area contributed by atoms with Gasteiger partial charge in [-0.25, -0.2) is 0 Å². The van der Waals surface area contributed by atoms with Gasteiger partial charge in [0.2, 0.25) is 0 Å². The topological polar surface area (TPSA) is 95.7 Å². The monoisotopic (exact) mass is 295 g/mol. The molecule has 1 rings (SSSR count). The fraction of sp³-hybridized carbons (Fsp3) is 0.500. The number of aliphatic hydroxyl groups is 1. The van der Waals surface area contributed by atoms with E-state index in [9.17, 15) is 20.0 Å². The molecule has 0 spiro atoms. The van der Waals surface area contributed by atoms with Crippen LogP contribution in [0.1, 0.15) is 30.6 Å². The standard InChI is InChI=1S/C14H21N3O4/c1-5-14(2,9-18)15-11-7-6-10(13(19)16(3)4)8-12(11)17(20)21/h6-8,15,18H,5,9H2,1-4H3. The zero-order valence-corrected chi connectivity index (χ0v) is 12.7. The molecule has 116 valence electrons. The van der Waals surface area contributed by atoms with Crippen LogP contribution < -0.4 is 5.32 Å². The van der Waals surface area contributed by atoms with E-state index in [-0.39, 0.29) is 29.5 Å². The summed E-state index contributed by atoms with van der Waals surface area (Å²) >= 11 is 0. The van der Waals surface area contributed by atoms with Crippen LogP contribution >= 0.6 is 0 Å². The summed E-state index contributed by atoms with van der Waals surface area (Å²) in [5, 5.41) is 23.6. The molecule has 1 unspecified atom stereocenters. The van der Waals surface area contributed by atoms with Crippen molar-refractivity contribution < 1.29 is 14.8 Å². The number of amides is 1. The first kappa shape index (κ1) is 16.9. The van der Waals surface area contributed by atoms with Crippen molar-refractivity contribution in [3.8, 4) is 0 Å². The number of nitrogens with one attached hydrogen (secondary N) is 1. The first-order valence-corrected chi connectivity index (χ1v) is 6.63. The highest BCUT2D eigenvalue weighted by Gasteiger charge is 2.26. The molecule has 1 atom stereocenters. The van der Waals surface area contributed by atoms with Crippen LogP contribution in [0.25, 0.3) is 0 Å². The number of anilines is 1. The molecule has 7 nitrogen and oxygen atoms in total. The molecule has 1 aromatic carbocycles. The number of nitrogens with zero attached hydrogens (tertiary/aromatic N) is 2. The molecule has 7 heteroatoms. The Hall–Kier alpha value is -2.15. The fourth-order valence-electron chi connectivity index (χ4n) is 1.74. The van der Waals surface area contributed by atoms with Gasteiger partial charge < -0.3 is 15.3 Å². The van der Waals surface area contributed by atoms with Gasteiger partial charge in [0.15, 0.2) is 0 Å². The summed E-state index contributed by atoms with van der Waals surface area (Å²) < 4.78 is 0. The van der Waals surface area contributed by atoms with Gasteiger partial charge in [0.1, 0.15) is 5.69 Å². The van der Waals surface area contributed by atoms with Crippen molar-refractivity contribution in [2.75, 3.05) is 26.0 Å². The summed E-state index contributed by atoms with van der Waals surface area (Å²) in [4.78, 5) is 23.9. The van der Waals surface area contributed by atoms with E-state index in [2.05, 4.69) is 5.32 Å². The van der Waals surface area contributed by atoms with Crippen LogP contribution in [0.5, 0.6) is 0 Å². The molecule has 0 aromatic heterocycles. The third-order valence-electron chi connectivity index (χ3n) is 3.41. The molecule has 0 fully saturated rings. The second-order valence-electron chi connectivity index (χ2n) is 5.39. The van der Waals surface area contributed by atoms with Crippen LogP contribution in [0, 0.1) is 10.1 Å². The second-order valence-corrected chi connectivity index (χ2v) is 5.39. The smallest absolute Gasteiger partial charge is 0.293 e. The first-order valence-electron chi connectivity index (χ1n) is 6.63. The molecule has 21 heavy (non-hydrogen) atoms. The molecule has 0 bridgehead atoms. The number of hydrogen-bond acceptors (Lipinski definition) is 5. The predicted octanol–water partition coefficient (Wildman–Crippen LogP) is 1.87. The minimum Gasteiger partial charge on any atom is -0.394 e. The highest BCUT2D eigenvalue weighted by molar-refractivity contribution is 5.95. The summed E-state index contributed by atoms with van der Waals surface area (Å²) in [7, 11) is 3.17. The van der Waals surface area contributed by atoms with Crippen molar-refractivity contribution in [2.24, 2.45) is 0 Å². The molecule has 0 saturated carbocycles. The molecule has 1 aromatic rings. The van der Waals surface area contributed by atoms with Crippen molar-refractivity contribution in [3.05, 3.63) is 33.9 Å². The van der Waals surface area contributed by atoms with Gasteiger partial charge in [0.25, 0.3) is 11.6 Å². The minimum absolute atomic E-state index is 0.154. The fourth-order valence-corrected chi connectivity index (χ4v) is 1.74. The molecule has 0 aliphatic rings. The van der Waals surface area contributed by atoms with E-state index in [1.807, 2.05) is 6.92 Å². The summed E-state index contributed by atoms with van der Waals surface area (Å²) in [6.07, 6.45) is 0.596. The Bertz CT molecular complexity index is 539. The molecular weight excluding hydrogens is 274 g/mol. The number of nitro groups is 1. The molecule has 0 aliphatic carbocycles. The van der Waals surface area contributed by atoms with Crippen molar-refractivity contribution in [2.45, 2.75) is 25.8 Å². The average Bonchev–Trinajstić information content (AvgIpc) is 2.46. The van der Waals surface area contributed by atoms with E-state index < -0.39 is 10.5 Å². The maximum Gasteiger partial charge on any atom is 0.293 e. The number of benzene rings is 1. The Morgan fingerprint density at radius 2 is 2.10 bits per heavy atom. The highest BCUT2D eigenvalue weighted by atomic mass is 16.6. The normalized spacial score (nSPS) is 13.4. The maximum absolute atomic E-state index is 11.9. The van der Waals surface area contributed by atoms with Gasteiger partial charge >= 0.3 is 0 Å². The third kappa shape index (κ3) is 3.91. The largest absolute Gasteiger partial charge is 0.394 e. The molecule has 1 amide bonds. The first-order chi connectivity index (χ1) is 9.74. The Labute approximate surface area is 123 Å². The lowest BCUT2D eigenvalue weighted by Gasteiger charge is -2.28. The number of carbonyl (C=O) groups excluding carboxylic acids is 1. The van der Waals surface area contributed by atoms with Gasteiger partial charge in [0.05, 0.1) is 17.1 Å². The molecule has 0 aliphatic heterocycles. The Morgan fingerprint density at radius 3 is 2.52 bits per heavy atom. The van der Waals surface area contributed by atoms with Gasteiger partial charge in [-0.15, -0.1) is 0 Å². The van der Waals surface area contributed by atoms with Crippen molar-refractivity contribution in [1.82, 2.24) is 4.90 Å². The van der Waals surface area contributed by atoms with E-state index >= 15 is 0 Å². The summed E-state index contributed by atoms with van der Waals surface area (Å²) in [6.45, 7) is 3.49. The quantitative estimate of drug-likeness (QED) is 0.617. The van der Waals surface area contributed by atoms with Gasteiger partial charge in [-0.05, 0) is 25.5 Å². The lowest BCUT2D eigenvalue weighted by atomic mass is 9.99. The SMILES string of the molecule is CCC(C)(CO)Nc1ccc(C(=O)N(C)C)cc1[N+](=O)[O-]. The van der Waals surface area contributed by atoms with Crippen molar-refractivity contribution >= 4 is 17.3 Å². The summed E-state index contributed by atoms with van der Waals surface area (Å²) in [6, 6.07) is 4.28. The Kier molecular flexibility index (Phi) is 5.26. The van der Waals surface area contributed by atoms with Gasteiger partial charge in [-0.1, -0.05) is 6.92 Å². The molecular formula is C14H21N3O4. The van der Waals surface area contributed by atoms with Gasteiger partial charge in [0, 0.05) is 25.7 Å². The van der Waals surface area contributed by atoms with Crippen molar-refractivity contribution in [1.29, 1.82) is 0 Å². The summed E-state index contributed by atoms with van der Waals surface area (Å²) in [5.41, 5.74) is -0.304. The van der Waals surface area contributed by atoms with Crippen LogP contribution in [0.2, 0.25) is 0 Å². The van der Waals surface area contributed by atoms with Crippen LogP contribution in [0.4, 0.5) is 11.4 Å². The third-order valence-corrected chi connectivity index (χ3v) is 3.41. The number of rotatable bonds is 6. The number of carbonyl (C=O) groups is 1. The van der Waals surface area contributed by atoms with Gasteiger partial charge in [-0.2, -0.15) is 0 Å². The van der Waals surface area contributed by atoms with Crippen LogP contribution in [0.3, 0.4) is 0 Å². The van der Waals surface area contributed by atoms with Crippen LogP contribution in [-0.4, -0.2) is 47.1 Å². The number of hydrogen-bond donors (Lipinski definition) is 2.